The first-order valence-electron chi connectivity index (χ1n) is 4.85. The zero-order valence-corrected chi connectivity index (χ0v) is 7.98. The molecule has 1 N–H and O–H groups in total. The Bertz CT molecular complexity index is 234. The molecule has 2 aliphatic rings. The van der Waals surface area contributed by atoms with E-state index < -0.39 is 0 Å². The summed E-state index contributed by atoms with van der Waals surface area (Å²) in [7, 11) is 0. The van der Waals surface area contributed by atoms with Gasteiger partial charge in [-0.3, -0.25) is 0 Å². The number of rotatable bonds is 0. The van der Waals surface area contributed by atoms with Gasteiger partial charge in [-0.15, -0.1) is 5.73 Å². The predicted molar refractivity (Wildman–Crippen MR) is 55.0 cm³/mol. The molecule has 2 rings (SSSR count). The minimum absolute atomic E-state index is 0. The van der Waals surface area contributed by atoms with Crippen LogP contribution < -0.4 is 5.32 Å². The quantitative estimate of drug-likeness (QED) is 0.544. The van der Waals surface area contributed by atoms with E-state index in [0.29, 0.717) is 0 Å². The van der Waals surface area contributed by atoms with Gasteiger partial charge in [0.05, 0.1) is 0 Å². The lowest BCUT2D eigenvalue weighted by Crippen LogP contribution is -2.22. The number of hydrogen-bond acceptors (Lipinski definition) is 1. The molecule has 0 saturated carbocycles. The molecule has 1 fully saturated rings. The normalized spacial score (nSPS) is 19.2. The monoisotopic (exact) mass is 165 g/mol. The Hall–Kier alpha value is -0.940. The average Bonchev–Trinajstić information content (AvgIpc) is 2.21. The lowest BCUT2D eigenvalue weighted by Gasteiger charge is -2.19. The molecule has 1 nitrogen and oxygen atoms in total. The van der Waals surface area contributed by atoms with Gasteiger partial charge in [0.25, 0.3) is 0 Å². The molecule has 0 aromatic carbocycles. The topological polar surface area (TPSA) is 12.0 Å². The van der Waals surface area contributed by atoms with Crippen LogP contribution in [0.1, 0.15) is 34.5 Å². The molecule has 1 heterocycles. The number of hydrogen-bond donors (Lipinski definition) is 1. The molecule has 1 saturated heterocycles. The zero-order valence-electron chi connectivity index (χ0n) is 7.98. The smallest absolute Gasteiger partial charge is 0.0413 e. The first-order valence-corrected chi connectivity index (χ1v) is 4.85. The van der Waals surface area contributed by atoms with E-state index in [0.717, 1.165) is 13.0 Å². The van der Waals surface area contributed by atoms with Crippen molar-refractivity contribution in [3.8, 4) is 0 Å². The molecule has 0 aromatic heterocycles. The first-order chi connectivity index (χ1) is 5.97. The van der Waals surface area contributed by atoms with Crippen LogP contribution in [0.4, 0.5) is 0 Å². The van der Waals surface area contributed by atoms with Crippen LogP contribution in [0, 0.1) is 0 Å². The summed E-state index contributed by atoms with van der Waals surface area (Å²) in [5, 5.41) is 3.36. The highest BCUT2D eigenvalue weighted by Crippen LogP contribution is 2.20. The molecule has 1 aliphatic carbocycles. The first kappa shape index (κ1) is 9.15. The van der Waals surface area contributed by atoms with Crippen LogP contribution in [0.5, 0.6) is 0 Å². The van der Waals surface area contributed by atoms with Crippen LogP contribution in [-0.2, 0) is 0 Å². The molecular weight excluding hydrogens is 146 g/mol. The zero-order chi connectivity index (χ0) is 8.81. The van der Waals surface area contributed by atoms with Gasteiger partial charge in [-0.1, -0.05) is 19.9 Å². The van der Waals surface area contributed by atoms with Crippen LogP contribution >= 0.6 is 0 Å². The number of piperidine rings is 1. The van der Waals surface area contributed by atoms with Crippen molar-refractivity contribution in [1.82, 2.24) is 5.32 Å². The Labute approximate surface area is 76.3 Å². The van der Waals surface area contributed by atoms with Crippen molar-refractivity contribution in [3.05, 3.63) is 29.2 Å². The molecule has 0 amide bonds. The van der Waals surface area contributed by atoms with Gasteiger partial charge >= 0.3 is 0 Å². The summed E-state index contributed by atoms with van der Waals surface area (Å²) in [6.45, 7) is 5.14. The van der Waals surface area contributed by atoms with Crippen molar-refractivity contribution in [3.63, 3.8) is 0 Å². The Balaban J connectivity index is 0.000000451. The molecule has 0 bridgehead atoms. The van der Waals surface area contributed by atoms with Crippen molar-refractivity contribution in [2.75, 3.05) is 6.54 Å². The molecule has 0 unspecified atom stereocenters. The van der Waals surface area contributed by atoms with Gasteiger partial charge in [-0.2, -0.15) is 0 Å². The van der Waals surface area contributed by atoms with Crippen molar-refractivity contribution in [2.24, 2.45) is 0 Å². The Morgan fingerprint density at radius 2 is 2.33 bits per heavy atom. The van der Waals surface area contributed by atoms with Crippen molar-refractivity contribution in [2.45, 2.75) is 33.1 Å². The maximum Gasteiger partial charge on any atom is 0.0413 e. The fraction of sp³-hybridized carbons (Fsp3) is 0.545. The van der Waals surface area contributed by atoms with Gasteiger partial charge in [0, 0.05) is 19.2 Å². The van der Waals surface area contributed by atoms with Gasteiger partial charge in [0.1, 0.15) is 0 Å². The third kappa shape index (κ3) is 2.02. The molecule has 0 radical (unpaired) electrons. The fourth-order valence-electron chi connectivity index (χ4n) is 1.43. The summed E-state index contributed by atoms with van der Waals surface area (Å²) in [6.07, 6.45) is 7.85. The lowest BCUT2D eigenvalue weighted by molar-refractivity contribution is 0.665. The van der Waals surface area contributed by atoms with Crippen molar-refractivity contribution < 1.29 is 1.43 Å². The van der Waals surface area contributed by atoms with Crippen LogP contribution in [0.15, 0.2) is 29.2 Å². The Morgan fingerprint density at radius 1 is 1.50 bits per heavy atom. The molecule has 68 valence electrons. The Morgan fingerprint density at radius 3 is 3.08 bits per heavy atom. The Kier molecular flexibility index (Phi) is 3.69. The van der Waals surface area contributed by atoms with E-state index in [-0.39, 0.29) is 1.43 Å². The summed E-state index contributed by atoms with van der Waals surface area (Å²) in [4.78, 5) is 0. The van der Waals surface area contributed by atoms with Crippen molar-refractivity contribution >= 4 is 0 Å². The van der Waals surface area contributed by atoms with Crippen LogP contribution in [0.2, 0.25) is 0 Å². The number of fused-ring (bicyclic) bond motifs is 1. The van der Waals surface area contributed by atoms with Gasteiger partial charge in [0.2, 0.25) is 0 Å². The molecule has 0 atom stereocenters. The van der Waals surface area contributed by atoms with Crippen LogP contribution in [-0.4, -0.2) is 6.54 Å². The average molecular weight is 165 g/mol. The van der Waals surface area contributed by atoms with Crippen LogP contribution in [0.3, 0.4) is 0 Å². The largest absolute Gasteiger partial charge is 0.385 e. The molecule has 12 heavy (non-hydrogen) atoms. The minimum atomic E-state index is 0. The van der Waals surface area contributed by atoms with E-state index in [1.54, 1.807) is 0 Å². The fourth-order valence-corrected chi connectivity index (χ4v) is 1.43. The highest BCUT2D eigenvalue weighted by Gasteiger charge is 2.10. The maximum atomic E-state index is 3.36. The van der Waals surface area contributed by atoms with E-state index in [4.69, 9.17) is 0 Å². The number of allylic oxidation sites excluding steroid dienone is 2. The van der Waals surface area contributed by atoms with E-state index in [9.17, 15) is 0 Å². The highest BCUT2D eigenvalue weighted by molar-refractivity contribution is 5.33. The molecule has 0 spiro atoms. The van der Waals surface area contributed by atoms with Crippen LogP contribution in [0.25, 0.3) is 0 Å². The van der Waals surface area contributed by atoms with Gasteiger partial charge < -0.3 is 5.32 Å². The van der Waals surface area contributed by atoms with Gasteiger partial charge in [0.15, 0.2) is 0 Å². The second kappa shape index (κ2) is 4.84. The van der Waals surface area contributed by atoms with Gasteiger partial charge in [-0.25, -0.2) is 0 Å². The number of nitrogens with one attached hydrogen (secondary N) is 1. The van der Waals surface area contributed by atoms with Crippen molar-refractivity contribution in [1.29, 1.82) is 0 Å². The molecule has 0 aromatic rings. The summed E-state index contributed by atoms with van der Waals surface area (Å²) in [5.41, 5.74) is 5.98. The molecule has 1 heteroatoms. The second-order valence-electron chi connectivity index (χ2n) is 2.71. The summed E-state index contributed by atoms with van der Waals surface area (Å²) in [6, 6.07) is 0. The van der Waals surface area contributed by atoms with E-state index in [1.807, 2.05) is 13.8 Å². The third-order valence-corrected chi connectivity index (χ3v) is 1.96. The summed E-state index contributed by atoms with van der Waals surface area (Å²) >= 11 is 0. The lowest BCUT2D eigenvalue weighted by atomic mass is 10.00. The van der Waals surface area contributed by atoms with Gasteiger partial charge in [-0.05, 0) is 25.3 Å². The van der Waals surface area contributed by atoms with E-state index >= 15 is 0 Å². The summed E-state index contributed by atoms with van der Waals surface area (Å²) < 4.78 is 0. The van der Waals surface area contributed by atoms with E-state index in [1.165, 1.54) is 24.1 Å². The molecule has 1 aliphatic heterocycles. The molecular formula is C11H19N. The third-order valence-electron chi connectivity index (χ3n) is 1.96. The highest BCUT2D eigenvalue weighted by atomic mass is 14.9. The minimum Gasteiger partial charge on any atom is -0.385 e. The maximum absolute atomic E-state index is 3.36. The SMILES string of the molecule is C1=CCC=C2NCCCC=12.CC.[HH]. The standard InChI is InChI=1S/C9H11N.C2H6.H2/c1-2-6-9-8(4-1)5-3-7-10-9;1-2;/h1,6,10H,2-3,5,7H2;1-2H3;1H. The van der Waals surface area contributed by atoms with E-state index in [2.05, 4.69) is 23.2 Å². The predicted octanol–water partition coefficient (Wildman–Crippen LogP) is 3.01. The summed E-state index contributed by atoms with van der Waals surface area (Å²) in [5.74, 6) is 0. The second-order valence-corrected chi connectivity index (χ2v) is 2.71.